The zero-order valence-electron chi connectivity index (χ0n) is 13.4. The summed E-state index contributed by atoms with van der Waals surface area (Å²) >= 11 is 0. The number of halogens is 1. The summed E-state index contributed by atoms with van der Waals surface area (Å²) in [7, 11) is 0. The van der Waals surface area contributed by atoms with Crippen LogP contribution >= 0.6 is 0 Å². The lowest BCUT2D eigenvalue weighted by molar-refractivity contribution is -0.118. The average Bonchev–Trinajstić information content (AvgIpc) is 2.61. The molecule has 0 fully saturated rings. The molecule has 1 amide bonds. The Balaban J connectivity index is 1.64. The van der Waals surface area contributed by atoms with Gasteiger partial charge in [0.15, 0.2) is 6.61 Å². The minimum absolute atomic E-state index is 0.0264. The average molecular weight is 338 g/mol. The lowest BCUT2D eigenvalue weighted by atomic mass is 10.1. The standard InChI is InChI=1S/C18H15FN4O2/c1-10(11-2-5-16-15(6-11)23-17(24)8-25-16)22-18-13-7-12(19)3-4-14(13)20-9-21-18/h2-7,9-10H,8H2,1H3,(H,23,24)(H,20,21,22). The lowest BCUT2D eigenvalue weighted by Crippen LogP contribution is -2.25. The number of hydrogen-bond donors (Lipinski definition) is 2. The third-order valence-electron chi connectivity index (χ3n) is 4.09. The fourth-order valence-corrected chi connectivity index (χ4v) is 2.80. The first kappa shape index (κ1) is 15.3. The van der Waals surface area contributed by atoms with Crippen LogP contribution in [-0.4, -0.2) is 22.5 Å². The number of amides is 1. The van der Waals surface area contributed by atoms with E-state index < -0.39 is 0 Å². The third-order valence-corrected chi connectivity index (χ3v) is 4.09. The Morgan fingerprint density at radius 1 is 1.24 bits per heavy atom. The van der Waals surface area contributed by atoms with Gasteiger partial charge in [0.05, 0.1) is 17.2 Å². The van der Waals surface area contributed by atoms with E-state index in [-0.39, 0.29) is 24.4 Å². The van der Waals surface area contributed by atoms with Gasteiger partial charge in [0.1, 0.15) is 23.7 Å². The van der Waals surface area contributed by atoms with Crippen molar-refractivity contribution in [1.29, 1.82) is 0 Å². The van der Waals surface area contributed by atoms with Crippen LogP contribution in [0.3, 0.4) is 0 Å². The van der Waals surface area contributed by atoms with E-state index in [9.17, 15) is 9.18 Å². The third kappa shape index (κ3) is 2.96. The Hall–Kier alpha value is -3.22. The maximum atomic E-state index is 13.6. The molecule has 4 rings (SSSR count). The summed E-state index contributed by atoms with van der Waals surface area (Å²) in [5.74, 6) is 0.675. The molecule has 3 aromatic rings. The van der Waals surface area contributed by atoms with Gasteiger partial charge in [0, 0.05) is 5.39 Å². The highest BCUT2D eigenvalue weighted by Crippen LogP contribution is 2.32. The molecule has 0 saturated carbocycles. The van der Waals surface area contributed by atoms with Gasteiger partial charge in [-0.1, -0.05) is 6.07 Å². The zero-order valence-corrected chi connectivity index (χ0v) is 13.4. The Morgan fingerprint density at radius 3 is 3.00 bits per heavy atom. The van der Waals surface area contributed by atoms with Crippen molar-refractivity contribution in [2.24, 2.45) is 0 Å². The second-order valence-corrected chi connectivity index (χ2v) is 5.84. The van der Waals surface area contributed by atoms with Crippen LogP contribution in [0, 0.1) is 5.82 Å². The largest absolute Gasteiger partial charge is 0.482 e. The number of nitrogens with one attached hydrogen (secondary N) is 2. The Bertz CT molecular complexity index is 976. The van der Waals surface area contributed by atoms with E-state index in [2.05, 4.69) is 20.6 Å². The Kier molecular flexibility index (Phi) is 3.68. The molecule has 0 radical (unpaired) electrons. The van der Waals surface area contributed by atoms with Crippen molar-refractivity contribution >= 4 is 28.3 Å². The molecule has 1 atom stereocenters. The van der Waals surface area contributed by atoms with Crippen LogP contribution in [0.1, 0.15) is 18.5 Å². The van der Waals surface area contributed by atoms with E-state index in [1.54, 1.807) is 6.07 Å². The van der Waals surface area contributed by atoms with Gasteiger partial charge in [0.25, 0.3) is 5.91 Å². The predicted octanol–water partition coefficient (Wildman–Crippen LogP) is 3.27. The summed E-state index contributed by atoms with van der Waals surface area (Å²) in [5, 5.41) is 6.68. The van der Waals surface area contributed by atoms with Crippen molar-refractivity contribution in [3.05, 3.63) is 54.1 Å². The van der Waals surface area contributed by atoms with Crippen molar-refractivity contribution in [2.75, 3.05) is 17.2 Å². The minimum atomic E-state index is -0.341. The van der Waals surface area contributed by atoms with Crippen LogP contribution in [0.15, 0.2) is 42.7 Å². The van der Waals surface area contributed by atoms with E-state index in [1.165, 1.54) is 18.5 Å². The molecule has 2 N–H and O–H groups in total. The van der Waals surface area contributed by atoms with Crippen LogP contribution < -0.4 is 15.4 Å². The Labute approximate surface area is 143 Å². The van der Waals surface area contributed by atoms with Crippen LogP contribution in [0.2, 0.25) is 0 Å². The van der Waals surface area contributed by atoms with Gasteiger partial charge in [0.2, 0.25) is 0 Å². The molecule has 1 aliphatic heterocycles. The maximum Gasteiger partial charge on any atom is 0.262 e. The molecule has 7 heteroatoms. The number of carbonyl (C=O) groups excluding carboxylic acids is 1. The molecule has 0 saturated heterocycles. The SMILES string of the molecule is CC(Nc1ncnc2ccc(F)cc12)c1ccc2c(c1)NC(=O)CO2. The molecule has 126 valence electrons. The number of ether oxygens (including phenoxy) is 1. The highest BCUT2D eigenvalue weighted by atomic mass is 19.1. The van der Waals surface area contributed by atoms with E-state index in [0.717, 1.165) is 5.56 Å². The molecule has 1 aromatic heterocycles. The van der Waals surface area contributed by atoms with Crippen LogP contribution in [0.25, 0.3) is 10.9 Å². The number of aromatic nitrogens is 2. The predicted molar refractivity (Wildman–Crippen MR) is 92.1 cm³/mol. The molecule has 25 heavy (non-hydrogen) atoms. The van der Waals surface area contributed by atoms with Gasteiger partial charge in [-0.15, -0.1) is 0 Å². The smallest absolute Gasteiger partial charge is 0.262 e. The highest BCUT2D eigenvalue weighted by molar-refractivity contribution is 5.95. The van der Waals surface area contributed by atoms with Gasteiger partial charge in [-0.05, 0) is 42.8 Å². The number of fused-ring (bicyclic) bond motifs is 2. The minimum Gasteiger partial charge on any atom is -0.482 e. The number of benzene rings is 2. The Morgan fingerprint density at radius 2 is 2.12 bits per heavy atom. The number of rotatable bonds is 3. The van der Waals surface area contributed by atoms with Crippen molar-refractivity contribution in [3.8, 4) is 5.75 Å². The summed E-state index contributed by atoms with van der Waals surface area (Å²) in [5.41, 5.74) is 2.24. The van der Waals surface area contributed by atoms with E-state index in [1.807, 2.05) is 25.1 Å². The fraction of sp³-hybridized carbons (Fsp3) is 0.167. The molecule has 2 heterocycles. The summed E-state index contributed by atoms with van der Waals surface area (Å²) in [6.45, 7) is 1.99. The molecule has 0 bridgehead atoms. The summed E-state index contributed by atoms with van der Waals surface area (Å²) in [6, 6.07) is 9.87. The molecule has 0 spiro atoms. The summed E-state index contributed by atoms with van der Waals surface area (Å²) in [4.78, 5) is 19.8. The normalized spacial score (nSPS) is 14.4. The maximum absolute atomic E-state index is 13.6. The first-order valence-corrected chi connectivity index (χ1v) is 7.83. The number of carbonyl (C=O) groups is 1. The van der Waals surface area contributed by atoms with Crippen molar-refractivity contribution < 1.29 is 13.9 Å². The summed E-state index contributed by atoms with van der Waals surface area (Å²) < 4.78 is 18.9. The monoisotopic (exact) mass is 338 g/mol. The second kappa shape index (κ2) is 6.01. The number of nitrogens with zero attached hydrogens (tertiary/aromatic N) is 2. The number of anilines is 2. The fourth-order valence-electron chi connectivity index (χ4n) is 2.80. The molecular weight excluding hydrogens is 323 g/mol. The molecular formula is C18H15FN4O2. The van der Waals surface area contributed by atoms with Crippen LogP contribution in [0.5, 0.6) is 5.75 Å². The van der Waals surface area contributed by atoms with Gasteiger partial charge in [-0.3, -0.25) is 4.79 Å². The summed E-state index contributed by atoms with van der Waals surface area (Å²) in [6.07, 6.45) is 1.44. The topological polar surface area (TPSA) is 76.1 Å². The molecule has 1 unspecified atom stereocenters. The van der Waals surface area contributed by atoms with Gasteiger partial charge in [-0.25, -0.2) is 14.4 Å². The van der Waals surface area contributed by atoms with Gasteiger partial charge >= 0.3 is 0 Å². The van der Waals surface area contributed by atoms with E-state index >= 15 is 0 Å². The first-order chi connectivity index (χ1) is 12.1. The van der Waals surface area contributed by atoms with Gasteiger partial charge in [-0.2, -0.15) is 0 Å². The van der Waals surface area contributed by atoms with Crippen LogP contribution in [0.4, 0.5) is 15.9 Å². The zero-order chi connectivity index (χ0) is 17.4. The molecule has 1 aliphatic rings. The highest BCUT2D eigenvalue weighted by Gasteiger charge is 2.18. The second-order valence-electron chi connectivity index (χ2n) is 5.84. The van der Waals surface area contributed by atoms with Crippen LogP contribution in [-0.2, 0) is 4.79 Å². The van der Waals surface area contributed by atoms with Crippen molar-refractivity contribution in [1.82, 2.24) is 9.97 Å². The van der Waals surface area contributed by atoms with Gasteiger partial charge < -0.3 is 15.4 Å². The molecule has 6 nitrogen and oxygen atoms in total. The van der Waals surface area contributed by atoms with Crippen molar-refractivity contribution in [2.45, 2.75) is 13.0 Å². The van der Waals surface area contributed by atoms with E-state index in [0.29, 0.717) is 28.2 Å². The van der Waals surface area contributed by atoms with E-state index in [4.69, 9.17) is 4.74 Å². The first-order valence-electron chi connectivity index (χ1n) is 7.83. The molecule has 0 aliphatic carbocycles. The molecule has 2 aromatic carbocycles. The van der Waals surface area contributed by atoms with Crippen molar-refractivity contribution in [3.63, 3.8) is 0 Å². The quantitative estimate of drug-likeness (QED) is 0.766. The number of hydrogen-bond acceptors (Lipinski definition) is 5. The lowest BCUT2D eigenvalue weighted by Gasteiger charge is -2.21.